The second-order valence-electron chi connectivity index (χ2n) is 5.52. The van der Waals surface area contributed by atoms with Gasteiger partial charge in [0.25, 0.3) is 0 Å². The van der Waals surface area contributed by atoms with Crippen LogP contribution >= 0.6 is 0 Å². The molecule has 0 aromatic heterocycles. The molecule has 1 atom stereocenters. The highest BCUT2D eigenvalue weighted by Gasteiger charge is 2.26. The predicted molar refractivity (Wildman–Crippen MR) is 63.4 cm³/mol. The molecule has 0 aromatic rings. The average molecular weight is 225 g/mol. The summed E-state index contributed by atoms with van der Waals surface area (Å²) in [6, 6.07) is 0. The van der Waals surface area contributed by atoms with Crippen LogP contribution < -0.4 is 0 Å². The van der Waals surface area contributed by atoms with Crippen molar-refractivity contribution in [2.75, 3.05) is 19.6 Å². The molecule has 1 aliphatic carbocycles. The fourth-order valence-corrected chi connectivity index (χ4v) is 3.23. The van der Waals surface area contributed by atoms with E-state index in [1.54, 1.807) is 0 Å². The van der Waals surface area contributed by atoms with Gasteiger partial charge in [0.2, 0.25) is 0 Å². The monoisotopic (exact) mass is 225 g/mol. The summed E-state index contributed by atoms with van der Waals surface area (Å²) in [6.45, 7) is 3.35. The molecule has 92 valence electrons. The zero-order chi connectivity index (χ0) is 11.4. The molecule has 1 saturated heterocycles. The Labute approximate surface area is 97.8 Å². The summed E-state index contributed by atoms with van der Waals surface area (Å²) in [6.07, 6.45) is 8.44. The largest absolute Gasteiger partial charge is 0.481 e. The molecule has 1 aliphatic heterocycles. The van der Waals surface area contributed by atoms with E-state index < -0.39 is 5.97 Å². The molecule has 16 heavy (non-hydrogen) atoms. The first-order chi connectivity index (χ1) is 7.74. The number of carbonyl (C=O) groups is 1. The number of carboxylic acid groups (broad SMARTS) is 1. The van der Waals surface area contributed by atoms with Crippen molar-refractivity contribution in [1.29, 1.82) is 0 Å². The Morgan fingerprint density at radius 3 is 2.56 bits per heavy atom. The van der Waals surface area contributed by atoms with Crippen LogP contribution in [0.3, 0.4) is 0 Å². The average Bonchev–Trinajstić information content (AvgIpc) is 2.66. The lowest BCUT2D eigenvalue weighted by atomic mass is 9.89. The minimum absolute atomic E-state index is 0.362. The second kappa shape index (κ2) is 5.67. The van der Waals surface area contributed by atoms with Crippen LogP contribution in [0, 0.1) is 11.8 Å². The SMILES string of the molecule is O=C(O)CC1CCN(CC2CCCCC2)C1. The van der Waals surface area contributed by atoms with Crippen LogP contribution in [-0.4, -0.2) is 35.6 Å². The summed E-state index contributed by atoms with van der Waals surface area (Å²) in [4.78, 5) is 13.1. The summed E-state index contributed by atoms with van der Waals surface area (Å²) < 4.78 is 0. The Bertz CT molecular complexity index is 236. The van der Waals surface area contributed by atoms with E-state index in [9.17, 15) is 4.79 Å². The van der Waals surface area contributed by atoms with E-state index in [4.69, 9.17) is 5.11 Å². The zero-order valence-corrected chi connectivity index (χ0v) is 10.0. The van der Waals surface area contributed by atoms with E-state index in [2.05, 4.69) is 4.90 Å². The summed E-state index contributed by atoms with van der Waals surface area (Å²) in [5.41, 5.74) is 0. The van der Waals surface area contributed by atoms with Gasteiger partial charge in [0, 0.05) is 19.5 Å². The number of rotatable bonds is 4. The molecule has 1 heterocycles. The van der Waals surface area contributed by atoms with E-state index in [1.807, 2.05) is 0 Å². The van der Waals surface area contributed by atoms with Crippen molar-refractivity contribution in [3.8, 4) is 0 Å². The lowest BCUT2D eigenvalue weighted by Gasteiger charge is -2.26. The molecule has 0 spiro atoms. The summed E-state index contributed by atoms with van der Waals surface area (Å²) in [7, 11) is 0. The van der Waals surface area contributed by atoms with E-state index in [0.29, 0.717) is 12.3 Å². The highest BCUT2D eigenvalue weighted by molar-refractivity contribution is 5.67. The Hall–Kier alpha value is -0.570. The topological polar surface area (TPSA) is 40.5 Å². The first-order valence-corrected chi connectivity index (χ1v) is 6.68. The minimum Gasteiger partial charge on any atom is -0.481 e. The minimum atomic E-state index is -0.635. The maximum Gasteiger partial charge on any atom is 0.303 e. The Balaban J connectivity index is 1.69. The van der Waals surface area contributed by atoms with Gasteiger partial charge in [0.1, 0.15) is 0 Å². The third-order valence-corrected chi connectivity index (χ3v) is 4.07. The van der Waals surface area contributed by atoms with E-state index in [-0.39, 0.29) is 0 Å². The molecule has 0 aromatic carbocycles. The molecule has 0 radical (unpaired) electrons. The van der Waals surface area contributed by atoms with Crippen LogP contribution in [0.2, 0.25) is 0 Å². The Morgan fingerprint density at radius 1 is 1.12 bits per heavy atom. The molecule has 1 unspecified atom stereocenters. The smallest absolute Gasteiger partial charge is 0.303 e. The number of likely N-dealkylation sites (tertiary alicyclic amines) is 1. The van der Waals surface area contributed by atoms with Crippen LogP contribution in [0.25, 0.3) is 0 Å². The fraction of sp³-hybridized carbons (Fsp3) is 0.923. The molecule has 3 heteroatoms. The summed E-state index contributed by atoms with van der Waals surface area (Å²) >= 11 is 0. The quantitative estimate of drug-likeness (QED) is 0.798. The van der Waals surface area contributed by atoms with Crippen LogP contribution in [0.5, 0.6) is 0 Å². The Morgan fingerprint density at radius 2 is 1.88 bits per heavy atom. The van der Waals surface area contributed by atoms with Crippen molar-refractivity contribution in [3.63, 3.8) is 0 Å². The molecule has 2 aliphatic rings. The summed E-state index contributed by atoms with van der Waals surface area (Å²) in [5, 5.41) is 8.76. The molecule has 2 fully saturated rings. The van der Waals surface area contributed by atoms with Crippen molar-refractivity contribution in [1.82, 2.24) is 4.90 Å². The first-order valence-electron chi connectivity index (χ1n) is 6.68. The third-order valence-electron chi connectivity index (χ3n) is 4.07. The molecule has 1 N–H and O–H groups in total. The van der Waals surface area contributed by atoms with Gasteiger partial charge in [-0.3, -0.25) is 4.79 Å². The van der Waals surface area contributed by atoms with Gasteiger partial charge in [0.05, 0.1) is 0 Å². The molecular weight excluding hydrogens is 202 g/mol. The van der Waals surface area contributed by atoms with Crippen molar-refractivity contribution < 1.29 is 9.90 Å². The number of nitrogens with zero attached hydrogens (tertiary/aromatic N) is 1. The van der Waals surface area contributed by atoms with Gasteiger partial charge in [-0.25, -0.2) is 0 Å². The van der Waals surface area contributed by atoms with Gasteiger partial charge in [0.15, 0.2) is 0 Å². The van der Waals surface area contributed by atoms with Gasteiger partial charge in [-0.15, -0.1) is 0 Å². The van der Waals surface area contributed by atoms with Crippen molar-refractivity contribution in [2.24, 2.45) is 11.8 Å². The second-order valence-corrected chi connectivity index (χ2v) is 5.52. The number of carboxylic acids is 1. The number of hydrogen-bond acceptors (Lipinski definition) is 2. The van der Waals surface area contributed by atoms with Crippen molar-refractivity contribution >= 4 is 5.97 Å². The fourth-order valence-electron chi connectivity index (χ4n) is 3.23. The summed E-state index contributed by atoms with van der Waals surface area (Å²) in [5.74, 6) is 0.655. The van der Waals surface area contributed by atoms with Crippen LogP contribution in [0.1, 0.15) is 44.9 Å². The molecule has 2 rings (SSSR count). The van der Waals surface area contributed by atoms with Gasteiger partial charge in [-0.2, -0.15) is 0 Å². The molecule has 0 bridgehead atoms. The molecule has 1 saturated carbocycles. The predicted octanol–water partition coefficient (Wildman–Crippen LogP) is 2.36. The number of hydrogen-bond donors (Lipinski definition) is 1. The van der Waals surface area contributed by atoms with E-state index in [0.717, 1.165) is 25.4 Å². The van der Waals surface area contributed by atoms with Crippen molar-refractivity contribution in [3.05, 3.63) is 0 Å². The zero-order valence-electron chi connectivity index (χ0n) is 10.0. The lowest BCUT2D eigenvalue weighted by molar-refractivity contribution is -0.138. The highest BCUT2D eigenvalue weighted by atomic mass is 16.4. The van der Waals surface area contributed by atoms with Crippen molar-refractivity contribution in [2.45, 2.75) is 44.9 Å². The normalized spacial score (nSPS) is 28.4. The van der Waals surface area contributed by atoms with Crippen LogP contribution in [0.4, 0.5) is 0 Å². The van der Waals surface area contributed by atoms with Crippen LogP contribution in [-0.2, 0) is 4.79 Å². The molecular formula is C13H23NO2. The third kappa shape index (κ3) is 3.48. The standard InChI is InChI=1S/C13H23NO2/c15-13(16)8-12-6-7-14(10-12)9-11-4-2-1-3-5-11/h11-12H,1-10H2,(H,15,16). The van der Waals surface area contributed by atoms with Gasteiger partial charge in [-0.05, 0) is 37.6 Å². The van der Waals surface area contributed by atoms with Crippen LogP contribution in [0.15, 0.2) is 0 Å². The van der Waals surface area contributed by atoms with E-state index >= 15 is 0 Å². The maximum absolute atomic E-state index is 10.6. The van der Waals surface area contributed by atoms with Gasteiger partial charge in [-0.1, -0.05) is 19.3 Å². The molecule has 0 amide bonds. The van der Waals surface area contributed by atoms with Gasteiger partial charge >= 0.3 is 5.97 Å². The van der Waals surface area contributed by atoms with E-state index in [1.165, 1.54) is 38.6 Å². The first kappa shape index (κ1) is 11.9. The lowest BCUT2D eigenvalue weighted by Crippen LogP contribution is -2.29. The molecule has 3 nitrogen and oxygen atoms in total. The Kier molecular flexibility index (Phi) is 4.22. The maximum atomic E-state index is 10.6. The van der Waals surface area contributed by atoms with Gasteiger partial charge < -0.3 is 10.0 Å². The highest BCUT2D eigenvalue weighted by Crippen LogP contribution is 2.27. The number of aliphatic carboxylic acids is 1.